The van der Waals surface area contributed by atoms with E-state index in [4.69, 9.17) is 0 Å². The summed E-state index contributed by atoms with van der Waals surface area (Å²) in [4.78, 5) is 13.0. The number of nitrogens with one attached hydrogen (secondary N) is 1. The lowest BCUT2D eigenvalue weighted by Crippen LogP contribution is -2.38. The van der Waals surface area contributed by atoms with E-state index >= 15 is 0 Å². The first-order chi connectivity index (χ1) is 6.60. The second-order valence-corrected chi connectivity index (χ2v) is 4.44. The molecule has 3 aliphatic rings. The van der Waals surface area contributed by atoms with Gasteiger partial charge in [0, 0.05) is 31.0 Å². The summed E-state index contributed by atoms with van der Waals surface area (Å²) in [5, 5.41) is 2.70. The second-order valence-electron chi connectivity index (χ2n) is 4.44. The zero-order valence-electron chi connectivity index (χ0n) is 7.67. The van der Waals surface area contributed by atoms with Crippen molar-refractivity contribution in [3.05, 3.63) is 0 Å². The Labute approximate surface area is 80.4 Å². The van der Waals surface area contributed by atoms with Crippen molar-refractivity contribution in [3.63, 3.8) is 0 Å². The summed E-state index contributed by atoms with van der Waals surface area (Å²) < 4.78 is 25.8. The zero-order valence-corrected chi connectivity index (χ0v) is 7.67. The van der Waals surface area contributed by atoms with Crippen LogP contribution in [0.2, 0.25) is 0 Å². The Bertz CT molecular complexity index is 281. The molecule has 2 atom stereocenters. The van der Waals surface area contributed by atoms with E-state index in [1.54, 1.807) is 4.90 Å². The van der Waals surface area contributed by atoms with Crippen molar-refractivity contribution < 1.29 is 13.6 Å². The normalized spacial score (nSPS) is 43.7. The van der Waals surface area contributed by atoms with Crippen LogP contribution in [0.25, 0.3) is 0 Å². The second kappa shape index (κ2) is 2.38. The Morgan fingerprint density at radius 3 is 2.50 bits per heavy atom. The highest BCUT2D eigenvalue weighted by Gasteiger charge is 2.72. The van der Waals surface area contributed by atoms with Crippen LogP contribution in [0.4, 0.5) is 13.6 Å². The molecule has 3 nitrogen and oxygen atoms in total. The number of carbonyl (C=O) groups excluding carboxylic acids is 1. The molecule has 0 spiro atoms. The van der Waals surface area contributed by atoms with Crippen molar-refractivity contribution in [1.82, 2.24) is 10.2 Å². The smallest absolute Gasteiger partial charge is 0.317 e. The van der Waals surface area contributed by atoms with Gasteiger partial charge in [0.1, 0.15) is 0 Å². The maximum atomic E-state index is 12.9. The quantitative estimate of drug-likeness (QED) is 0.677. The molecule has 2 saturated carbocycles. The van der Waals surface area contributed by atoms with Gasteiger partial charge in [0.15, 0.2) is 0 Å². The van der Waals surface area contributed by atoms with E-state index in [-0.39, 0.29) is 12.1 Å². The van der Waals surface area contributed by atoms with Gasteiger partial charge in [-0.1, -0.05) is 0 Å². The van der Waals surface area contributed by atoms with Crippen LogP contribution < -0.4 is 5.32 Å². The monoisotopic (exact) mass is 202 g/mol. The van der Waals surface area contributed by atoms with Crippen molar-refractivity contribution >= 4 is 6.03 Å². The fourth-order valence-corrected chi connectivity index (χ4v) is 2.88. The van der Waals surface area contributed by atoms with Crippen LogP contribution in [0.15, 0.2) is 0 Å². The first-order valence-electron chi connectivity index (χ1n) is 5.03. The summed E-state index contributed by atoms with van der Waals surface area (Å²) in [6.07, 6.45) is 0.982. The minimum absolute atomic E-state index is 0.0622. The molecule has 5 heteroatoms. The lowest BCUT2D eigenvalue weighted by Gasteiger charge is -2.24. The maximum Gasteiger partial charge on any atom is 0.317 e. The van der Waals surface area contributed by atoms with Crippen LogP contribution in [0.5, 0.6) is 0 Å². The number of nitrogens with zero attached hydrogens (tertiary/aromatic N) is 1. The van der Waals surface area contributed by atoms with Crippen LogP contribution >= 0.6 is 0 Å². The summed E-state index contributed by atoms with van der Waals surface area (Å²) in [6.45, 7) is 1.33. The highest BCUT2D eigenvalue weighted by Crippen LogP contribution is 2.64. The minimum Gasteiger partial charge on any atom is -0.336 e. The SMILES string of the molecule is O=C1NCCN1C1CC2C(C1)C2(F)F. The van der Waals surface area contributed by atoms with Gasteiger partial charge in [0.2, 0.25) is 0 Å². The Balaban J connectivity index is 1.66. The van der Waals surface area contributed by atoms with Crippen LogP contribution in [0.3, 0.4) is 0 Å². The average molecular weight is 202 g/mol. The molecule has 78 valence electrons. The van der Waals surface area contributed by atoms with E-state index in [0.717, 1.165) is 0 Å². The molecule has 0 aromatic carbocycles. The molecule has 1 aliphatic heterocycles. The largest absolute Gasteiger partial charge is 0.336 e. The number of amides is 2. The van der Waals surface area contributed by atoms with E-state index in [9.17, 15) is 13.6 Å². The molecular formula is C9H12F2N2O. The van der Waals surface area contributed by atoms with Crippen LogP contribution in [-0.2, 0) is 0 Å². The number of rotatable bonds is 1. The van der Waals surface area contributed by atoms with Gasteiger partial charge in [0.05, 0.1) is 0 Å². The molecule has 0 radical (unpaired) electrons. The molecule has 1 heterocycles. The molecule has 3 fully saturated rings. The van der Waals surface area contributed by atoms with E-state index in [1.807, 2.05) is 0 Å². The highest BCUT2D eigenvalue weighted by molar-refractivity contribution is 5.76. The molecular weight excluding hydrogens is 190 g/mol. The standard InChI is InChI=1S/C9H12F2N2O/c10-9(11)6-3-5(4-7(6)9)13-2-1-12-8(13)14/h5-7H,1-4H2,(H,12,14). The summed E-state index contributed by atoms with van der Waals surface area (Å²) in [6, 6.07) is -0.0215. The summed E-state index contributed by atoms with van der Waals surface area (Å²) in [5.41, 5.74) is 0. The Morgan fingerprint density at radius 1 is 1.36 bits per heavy atom. The molecule has 2 amide bonds. The predicted octanol–water partition coefficient (Wildman–Crippen LogP) is 1.06. The molecule has 0 aromatic rings. The maximum absolute atomic E-state index is 12.9. The van der Waals surface area contributed by atoms with Gasteiger partial charge in [0.25, 0.3) is 5.92 Å². The van der Waals surface area contributed by atoms with Gasteiger partial charge in [-0.15, -0.1) is 0 Å². The first-order valence-corrected chi connectivity index (χ1v) is 5.03. The van der Waals surface area contributed by atoms with Gasteiger partial charge in [-0.05, 0) is 12.8 Å². The molecule has 1 saturated heterocycles. The highest BCUT2D eigenvalue weighted by atomic mass is 19.3. The van der Waals surface area contributed by atoms with Crippen molar-refractivity contribution in [2.45, 2.75) is 24.8 Å². The third-order valence-electron chi connectivity index (χ3n) is 3.75. The third kappa shape index (κ3) is 0.925. The Hall–Kier alpha value is -0.870. The van der Waals surface area contributed by atoms with E-state index in [1.165, 1.54) is 0 Å². The van der Waals surface area contributed by atoms with Gasteiger partial charge in [-0.3, -0.25) is 0 Å². The molecule has 2 aliphatic carbocycles. The van der Waals surface area contributed by atoms with Crippen molar-refractivity contribution in [3.8, 4) is 0 Å². The van der Waals surface area contributed by atoms with Crippen LogP contribution in [0.1, 0.15) is 12.8 Å². The molecule has 0 bridgehead atoms. The molecule has 2 unspecified atom stereocenters. The number of carbonyl (C=O) groups is 1. The van der Waals surface area contributed by atoms with Gasteiger partial charge in [-0.25, -0.2) is 13.6 Å². The number of fused-ring (bicyclic) bond motifs is 1. The topological polar surface area (TPSA) is 32.3 Å². The number of halogens is 2. The molecule has 0 aromatic heterocycles. The summed E-state index contributed by atoms with van der Waals surface area (Å²) in [7, 11) is 0. The minimum atomic E-state index is -2.42. The van der Waals surface area contributed by atoms with Crippen LogP contribution in [-0.4, -0.2) is 36.0 Å². The summed E-state index contributed by atoms with van der Waals surface area (Å²) >= 11 is 0. The summed E-state index contributed by atoms with van der Waals surface area (Å²) in [5.74, 6) is -3.31. The molecule has 3 rings (SSSR count). The first kappa shape index (κ1) is 8.44. The van der Waals surface area contributed by atoms with Gasteiger partial charge in [-0.2, -0.15) is 0 Å². The number of alkyl halides is 2. The van der Waals surface area contributed by atoms with Gasteiger partial charge >= 0.3 is 6.03 Å². The van der Waals surface area contributed by atoms with Crippen molar-refractivity contribution in [1.29, 1.82) is 0 Å². The van der Waals surface area contributed by atoms with E-state index in [0.29, 0.717) is 25.9 Å². The lowest BCUT2D eigenvalue weighted by atomic mass is 10.1. The molecule has 14 heavy (non-hydrogen) atoms. The predicted molar refractivity (Wildman–Crippen MR) is 45.1 cm³/mol. The Morgan fingerprint density at radius 2 is 2.00 bits per heavy atom. The lowest BCUT2D eigenvalue weighted by molar-refractivity contribution is 0.0583. The van der Waals surface area contributed by atoms with Crippen LogP contribution in [0, 0.1) is 11.8 Å². The number of hydrogen-bond donors (Lipinski definition) is 1. The zero-order chi connectivity index (χ0) is 9.92. The Kier molecular flexibility index (Phi) is 1.43. The van der Waals surface area contributed by atoms with Crippen molar-refractivity contribution in [2.24, 2.45) is 11.8 Å². The molecule has 1 N–H and O–H groups in total. The van der Waals surface area contributed by atoms with Crippen molar-refractivity contribution in [2.75, 3.05) is 13.1 Å². The number of hydrogen-bond acceptors (Lipinski definition) is 1. The third-order valence-corrected chi connectivity index (χ3v) is 3.75. The van der Waals surface area contributed by atoms with E-state index < -0.39 is 17.8 Å². The van der Waals surface area contributed by atoms with Gasteiger partial charge < -0.3 is 10.2 Å². The fourth-order valence-electron chi connectivity index (χ4n) is 2.88. The van der Waals surface area contributed by atoms with E-state index in [2.05, 4.69) is 5.32 Å². The number of urea groups is 1. The average Bonchev–Trinajstić information content (AvgIpc) is 2.61. The fraction of sp³-hybridized carbons (Fsp3) is 0.889.